The zero-order valence-corrected chi connectivity index (χ0v) is 17.1. The van der Waals surface area contributed by atoms with E-state index < -0.39 is 17.5 Å². The number of nitrogens with one attached hydrogen (secondary N) is 1. The summed E-state index contributed by atoms with van der Waals surface area (Å²) in [6.07, 6.45) is 2.28. The molecule has 9 heteroatoms. The molecule has 5 rings (SSSR count). The van der Waals surface area contributed by atoms with E-state index in [1.807, 2.05) is 0 Å². The molecule has 6 nitrogen and oxygen atoms in total. The molecule has 4 atom stereocenters. The summed E-state index contributed by atoms with van der Waals surface area (Å²) in [4.78, 5) is 2.48. The van der Waals surface area contributed by atoms with Gasteiger partial charge in [-0.2, -0.15) is 0 Å². The van der Waals surface area contributed by atoms with E-state index >= 15 is 0 Å². The lowest BCUT2D eigenvalue weighted by molar-refractivity contribution is -0.0964. The standard InChI is InChI=1S/C22H25F3N4O2/c23-15-7-18(22(25)19(24)8-15)20-1-2-21(28-27-20)26-16-5-13-9-29(10-14(13)6-16)11-17-12-30-3-4-31-17/h1-2,7-8,13-14,16-17H,3-6,9-12H2,(H,26,28)/t13-,14+,16?,17?. The number of halogens is 3. The van der Waals surface area contributed by atoms with E-state index in [2.05, 4.69) is 20.4 Å². The van der Waals surface area contributed by atoms with Crippen molar-refractivity contribution in [1.82, 2.24) is 15.1 Å². The van der Waals surface area contributed by atoms with Crippen molar-refractivity contribution < 1.29 is 22.6 Å². The van der Waals surface area contributed by atoms with Crippen molar-refractivity contribution in [3.63, 3.8) is 0 Å². The van der Waals surface area contributed by atoms with Crippen LogP contribution in [0.5, 0.6) is 0 Å². The maximum Gasteiger partial charge on any atom is 0.168 e. The third-order valence-corrected chi connectivity index (χ3v) is 6.46. The van der Waals surface area contributed by atoms with E-state index in [0.29, 0.717) is 49.6 Å². The van der Waals surface area contributed by atoms with Crippen LogP contribution in [-0.2, 0) is 9.47 Å². The Kier molecular flexibility index (Phi) is 5.81. The van der Waals surface area contributed by atoms with Gasteiger partial charge in [0.05, 0.1) is 31.6 Å². The maximum atomic E-state index is 14.0. The van der Waals surface area contributed by atoms with Gasteiger partial charge in [0, 0.05) is 37.3 Å². The van der Waals surface area contributed by atoms with Crippen molar-refractivity contribution in [2.24, 2.45) is 11.8 Å². The Morgan fingerprint density at radius 3 is 2.52 bits per heavy atom. The average molecular weight is 434 g/mol. The fourth-order valence-electron chi connectivity index (χ4n) is 5.10. The molecule has 1 aliphatic carbocycles. The van der Waals surface area contributed by atoms with Crippen LogP contribution in [0, 0.1) is 29.3 Å². The monoisotopic (exact) mass is 434 g/mol. The number of ether oxygens (including phenoxy) is 2. The third kappa shape index (κ3) is 4.53. The molecule has 0 bridgehead atoms. The van der Waals surface area contributed by atoms with Gasteiger partial charge in [0.15, 0.2) is 11.6 Å². The number of hydrogen-bond donors (Lipinski definition) is 1. The van der Waals surface area contributed by atoms with E-state index in [0.717, 1.165) is 38.5 Å². The van der Waals surface area contributed by atoms with Gasteiger partial charge in [0.2, 0.25) is 0 Å². The van der Waals surface area contributed by atoms with Gasteiger partial charge in [-0.3, -0.25) is 0 Å². The second-order valence-electron chi connectivity index (χ2n) is 8.67. The van der Waals surface area contributed by atoms with Crippen molar-refractivity contribution in [3.8, 4) is 11.3 Å². The molecule has 1 N–H and O–H groups in total. The minimum absolute atomic E-state index is 0.0919. The highest BCUT2D eigenvalue weighted by atomic mass is 19.2. The largest absolute Gasteiger partial charge is 0.376 e. The molecule has 1 aromatic heterocycles. The van der Waals surface area contributed by atoms with Crippen molar-refractivity contribution in [3.05, 3.63) is 41.7 Å². The summed E-state index contributed by atoms with van der Waals surface area (Å²) in [6.45, 7) is 5.10. The molecule has 2 aromatic rings. The van der Waals surface area contributed by atoms with Gasteiger partial charge in [0.1, 0.15) is 11.6 Å². The summed E-state index contributed by atoms with van der Waals surface area (Å²) >= 11 is 0. The van der Waals surface area contributed by atoms with Crippen LogP contribution >= 0.6 is 0 Å². The topological polar surface area (TPSA) is 59.5 Å². The predicted octanol–water partition coefficient (Wildman–Crippen LogP) is 3.10. The molecule has 2 saturated heterocycles. The molecule has 2 aliphatic heterocycles. The first-order valence-corrected chi connectivity index (χ1v) is 10.7. The summed E-state index contributed by atoms with van der Waals surface area (Å²) in [5.74, 6) is -1.37. The van der Waals surface area contributed by atoms with Crippen molar-refractivity contribution in [2.45, 2.75) is 25.0 Å². The van der Waals surface area contributed by atoms with Crippen LogP contribution in [0.3, 0.4) is 0 Å². The maximum absolute atomic E-state index is 14.0. The van der Waals surface area contributed by atoms with Gasteiger partial charge in [0.25, 0.3) is 0 Å². The number of rotatable bonds is 5. The number of anilines is 1. The molecule has 1 saturated carbocycles. The number of nitrogens with zero attached hydrogens (tertiary/aromatic N) is 3. The SMILES string of the molecule is Fc1cc(F)c(F)c(-c2ccc(NC3C[C@@H]4CN(CC5COCCO5)C[C@@H]4C3)nn2)c1. The van der Waals surface area contributed by atoms with Gasteiger partial charge in [-0.25, -0.2) is 13.2 Å². The van der Waals surface area contributed by atoms with Crippen molar-refractivity contribution >= 4 is 5.82 Å². The Labute approximate surface area is 178 Å². The average Bonchev–Trinajstić information content (AvgIpc) is 3.30. The van der Waals surface area contributed by atoms with E-state index in [9.17, 15) is 13.2 Å². The number of likely N-dealkylation sites (tertiary alicyclic amines) is 1. The van der Waals surface area contributed by atoms with Gasteiger partial charge in [-0.1, -0.05) is 0 Å². The summed E-state index contributed by atoms with van der Waals surface area (Å²) in [5.41, 5.74) is -0.145. The second kappa shape index (κ2) is 8.72. The summed E-state index contributed by atoms with van der Waals surface area (Å²) in [7, 11) is 0. The Bertz CT molecular complexity index is 910. The molecule has 0 amide bonds. The lowest BCUT2D eigenvalue weighted by Crippen LogP contribution is -2.39. The van der Waals surface area contributed by atoms with Gasteiger partial charge in [-0.05, 0) is 42.9 Å². The molecule has 1 aromatic carbocycles. The highest BCUT2D eigenvalue weighted by molar-refractivity contribution is 5.60. The quantitative estimate of drug-likeness (QED) is 0.730. The number of aromatic nitrogens is 2. The first-order valence-electron chi connectivity index (χ1n) is 10.7. The van der Waals surface area contributed by atoms with Crippen LogP contribution in [-0.4, -0.2) is 66.7 Å². The molecule has 2 unspecified atom stereocenters. The molecule has 3 fully saturated rings. The fraction of sp³-hybridized carbons (Fsp3) is 0.545. The highest BCUT2D eigenvalue weighted by Crippen LogP contribution is 2.39. The zero-order chi connectivity index (χ0) is 21.4. The second-order valence-corrected chi connectivity index (χ2v) is 8.67. The van der Waals surface area contributed by atoms with Crippen LogP contribution < -0.4 is 5.32 Å². The van der Waals surface area contributed by atoms with Crippen LogP contribution in [0.15, 0.2) is 24.3 Å². The molecule has 0 spiro atoms. The molecule has 0 radical (unpaired) electrons. The minimum atomic E-state index is -1.24. The van der Waals surface area contributed by atoms with Crippen LogP contribution in [0.4, 0.5) is 19.0 Å². The molecule has 3 aliphatic rings. The molecular weight excluding hydrogens is 409 g/mol. The molecule has 166 valence electrons. The number of hydrogen-bond acceptors (Lipinski definition) is 6. The van der Waals surface area contributed by atoms with Crippen LogP contribution in [0.2, 0.25) is 0 Å². The lowest BCUT2D eigenvalue weighted by Gasteiger charge is -2.28. The summed E-state index contributed by atoms with van der Waals surface area (Å²) in [6, 6.07) is 4.93. The Balaban J connectivity index is 1.16. The van der Waals surface area contributed by atoms with Gasteiger partial charge >= 0.3 is 0 Å². The Morgan fingerprint density at radius 1 is 1.03 bits per heavy atom. The zero-order valence-electron chi connectivity index (χ0n) is 17.1. The smallest absolute Gasteiger partial charge is 0.168 e. The van der Waals surface area contributed by atoms with E-state index in [1.165, 1.54) is 6.07 Å². The van der Waals surface area contributed by atoms with E-state index in [-0.39, 0.29) is 17.4 Å². The predicted molar refractivity (Wildman–Crippen MR) is 108 cm³/mol. The molecular formula is C22H25F3N4O2. The summed E-state index contributed by atoms with van der Waals surface area (Å²) < 4.78 is 52.1. The first kappa shape index (κ1) is 20.7. The third-order valence-electron chi connectivity index (χ3n) is 6.46. The number of benzene rings is 1. The normalized spacial score (nSPS) is 28.6. The van der Waals surface area contributed by atoms with Crippen LogP contribution in [0.25, 0.3) is 11.3 Å². The molecule has 3 heterocycles. The first-order chi connectivity index (χ1) is 15.0. The molecule has 31 heavy (non-hydrogen) atoms. The highest BCUT2D eigenvalue weighted by Gasteiger charge is 2.41. The lowest BCUT2D eigenvalue weighted by atomic mass is 10.0. The van der Waals surface area contributed by atoms with Gasteiger partial charge < -0.3 is 19.7 Å². The van der Waals surface area contributed by atoms with Crippen molar-refractivity contribution in [1.29, 1.82) is 0 Å². The van der Waals surface area contributed by atoms with Crippen LogP contribution in [0.1, 0.15) is 12.8 Å². The Hall–Kier alpha value is -2.23. The summed E-state index contributed by atoms with van der Waals surface area (Å²) in [5, 5.41) is 11.5. The fourth-order valence-corrected chi connectivity index (χ4v) is 5.10. The van der Waals surface area contributed by atoms with Gasteiger partial charge in [-0.15, -0.1) is 10.2 Å². The van der Waals surface area contributed by atoms with E-state index in [1.54, 1.807) is 6.07 Å². The Morgan fingerprint density at radius 2 is 1.84 bits per heavy atom. The minimum Gasteiger partial charge on any atom is -0.376 e. The van der Waals surface area contributed by atoms with Crippen molar-refractivity contribution in [2.75, 3.05) is 44.8 Å². The van der Waals surface area contributed by atoms with E-state index in [4.69, 9.17) is 9.47 Å². The number of fused-ring (bicyclic) bond motifs is 1.